The van der Waals surface area contributed by atoms with Crippen LogP contribution in [-0.4, -0.2) is 30.5 Å². The summed E-state index contributed by atoms with van der Waals surface area (Å²) in [6, 6.07) is 10.3. The number of fused-ring (bicyclic) bond motifs is 1. The Morgan fingerprint density at radius 2 is 1.78 bits per heavy atom. The molecule has 0 saturated heterocycles. The first-order valence-corrected chi connectivity index (χ1v) is 10.6. The average molecular weight is 460 g/mol. The predicted molar refractivity (Wildman–Crippen MR) is 112 cm³/mol. The lowest BCUT2D eigenvalue weighted by atomic mass is 10.0. The van der Waals surface area contributed by atoms with E-state index in [0.717, 1.165) is 12.1 Å². The zero-order valence-electron chi connectivity index (χ0n) is 16.5. The van der Waals surface area contributed by atoms with Gasteiger partial charge in [0.05, 0.1) is 23.3 Å². The Labute approximate surface area is 181 Å². The lowest BCUT2D eigenvalue weighted by Gasteiger charge is -2.14. The molecule has 2 heterocycles. The number of aromatic nitrogens is 3. The summed E-state index contributed by atoms with van der Waals surface area (Å²) in [4.78, 5) is 11.8. The number of alkyl halides is 3. The van der Waals surface area contributed by atoms with Gasteiger partial charge in [-0.3, -0.25) is 9.71 Å². The van der Waals surface area contributed by atoms with Gasteiger partial charge in [-0.15, -0.1) is 0 Å². The topological polar surface area (TPSA) is 94.1 Å². The van der Waals surface area contributed by atoms with E-state index in [9.17, 15) is 21.6 Å². The molecule has 0 unspecified atom stereocenters. The third-order valence-corrected chi connectivity index (χ3v) is 6.00. The van der Waals surface area contributed by atoms with E-state index >= 15 is 0 Å². The van der Waals surface area contributed by atoms with E-state index in [2.05, 4.69) is 19.7 Å². The highest BCUT2D eigenvalue weighted by Gasteiger charge is 2.31. The maximum absolute atomic E-state index is 13.3. The molecule has 4 aromatic rings. The molecular weight excluding hydrogens is 445 g/mol. The number of nitrogens with zero attached hydrogens (tertiary/aromatic N) is 3. The van der Waals surface area contributed by atoms with Gasteiger partial charge in [0, 0.05) is 23.3 Å². The van der Waals surface area contributed by atoms with Crippen LogP contribution in [0, 0.1) is 0 Å². The van der Waals surface area contributed by atoms with Crippen LogP contribution < -0.4 is 9.46 Å². The highest BCUT2D eigenvalue weighted by molar-refractivity contribution is 7.92. The minimum absolute atomic E-state index is 0.0447. The Morgan fingerprint density at radius 1 is 0.969 bits per heavy atom. The fourth-order valence-corrected chi connectivity index (χ4v) is 4.20. The van der Waals surface area contributed by atoms with Gasteiger partial charge in [0.2, 0.25) is 0 Å². The molecule has 164 valence electrons. The van der Waals surface area contributed by atoms with E-state index in [1.165, 1.54) is 56.2 Å². The van der Waals surface area contributed by atoms with Gasteiger partial charge in [0.25, 0.3) is 10.0 Å². The second-order valence-electron chi connectivity index (χ2n) is 6.66. The predicted octanol–water partition coefficient (Wildman–Crippen LogP) is 4.52. The lowest BCUT2D eigenvalue weighted by Crippen LogP contribution is -2.13. The summed E-state index contributed by atoms with van der Waals surface area (Å²) in [5, 5.41) is 0.936. The van der Waals surface area contributed by atoms with Crippen molar-refractivity contribution in [3.8, 4) is 17.0 Å². The zero-order chi connectivity index (χ0) is 22.9. The van der Waals surface area contributed by atoms with E-state index < -0.39 is 21.8 Å². The second-order valence-corrected chi connectivity index (χ2v) is 8.34. The number of nitrogens with one attached hydrogen (secondary N) is 1. The molecule has 0 saturated carbocycles. The summed E-state index contributed by atoms with van der Waals surface area (Å²) in [6.07, 6.45) is -0.546. The number of ether oxygens (including phenoxy) is 1. The number of benzene rings is 2. The van der Waals surface area contributed by atoms with Crippen LogP contribution in [0.2, 0.25) is 0 Å². The van der Waals surface area contributed by atoms with E-state index in [0.29, 0.717) is 10.8 Å². The number of halogens is 3. The standard InChI is InChI=1S/C21H15F3N4O3S/c1-31-18-5-2-14(21(22,23)24)11-17(18)20-16-4-3-15(10-13(16)6-9-26-20)32(29,30)28-19-7-8-25-12-27-19/h2-12H,1H3,(H,25,27,28). The molecule has 0 aliphatic heterocycles. The molecule has 0 bridgehead atoms. The quantitative estimate of drug-likeness (QED) is 0.471. The Hall–Kier alpha value is -3.73. The summed E-state index contributed by atoms with van der Waals surface area (Å²) in [5.41, 5.74) is -0.471. The highest BCUT2D eigenvalue weighted by Crippen LogP contribution is 2.39. The van der Waals surface area contributed by atoms with Crippen molar-refractivity contribution in [2.75, 3.05) is 11.8 Å². The Bertz CT molecular complexity index is 1390. The van der Waals surface area contributed by atoms with Crippen molar-refractivity contribution in [3.05, 3.63) is 72.8 Å². The van der Waals surface area contributed by atoms with Gasteiger partial charge in [-0.2, -0.15) is 13.2 Å². The molecule has 0 radical (unpaired) electrons. The number of hydrogen-bond donors (Lipinski definition) is 1. The second kappa shape index (κ2) is 8.08. The van der Waals surface area contributed by atoms with Crippen LogP contribution in [0.5, 0.6) is 5.75 Å². The van der Waals surface area contributed by atoms with Crippen molar-refractivity contribution in [1.82, 2.24) is 15.0 Å². The van der Waals surface area contributed by atoms with Crippen LogP contribution in [0.4, 0.5) is 19.0 Å². The van der Waals surface area contributed by atoms with E-state index in [4.69, 9.17) is 4.74 Å². The number of anilines is 1. The van der Waals surface area contributed by atoms with E-state index in [-0.39, 0.29) is 27.7 Å². The van der Waals surface area contributed by atoms with Gasteiger partial charge in [-0.1, -0.05) is 6.07 Å². The van der Waals surface area contributed by atoms with Gasteiger partial charge in [-0.25, -0.2) is 18.4 Å². The Kier molecular flexibility index (Phi) is 5.43. The SMILES string of the molecule is COc1ccc(C(F)(F)F)cc1-c1nccc2cc(S(=O)(=O)Nc3ccncn3)ccc12. The summed E-state index contributed by atoms with van der Waals surface area (Å²) in [7, 11) is -2.61. The minimum atomic E-state index is -4.54. The Morgan fingerprint density at radius 3 is 2.47 bits per heavy atom. The first-order valence-electron chi connectivity index (χ1n) is 9.12. The molecule has 1 N–H and O–H groups in total. The molecule has 0 fully saturated rings. The molecule has 2 aromatic carbocycles. The van der Waals surface area contributed by atoms with E-state index in [1.54, 1.807) is 6.07 Å². The van der Waals surface area contributed by atoms with Crippen LogP contribution in [0.25, 0.3) is 22.0 Å². The molecule has 4 rings (SSSR count). The molecule has 2 aromatic heterocycles. The Balaban J connectivity index is 1.82. The summed E-state index contributed by atoms with van der Waals surface area (Å²) >= 11 is 0. The highest BCUT2D eigenvalue weighted by atomic mass is 32.2. The van der Waals surface area contributed by atoms with Crippen molar-refractivity contribution >= 4 is 26.6 Å². The monoisotopic (exact) mass is 460 g/mol. The normalized spacial score (nSPS) is 12.0. The summed E-state index contributed by atoms with van der Waals surface area (Å²) < 4.78 is 72.8. The maximum atomic E-state index is 13.3. The van der Waals surface area contributed by atoms with Crippen LogP contribution in [0.15, 0.2) is 72.1 Å². The molecule has 0 aliphatic carbocycles. The molecule has 0 spiro atoms. The van der Waals surface area contributed by atoms with Crippen LogP contribution >= 0.6 is 0 Å². The zero-order valence-corrected chi connectivity index (χ0v) is 17.3. The number of pyridine rings is 1. The van der Waals surface area contributed by atoms with Gasteiger partial charge in [0.15, 0.2) is 0 Å². The van der Waals surface area contributed by atoms with Crippen molar-refractivity contribution in [2.24, 2.45) is 0 Å². The van der Waals surface area contributed by atoms with Crippen molar-refractivity contribution in [1.29, 1.82) is 0 Å². The van der Waals surface area contributed by atoms with Crippen molar-refractivity contribution < 1.29 is 26.3 Å². The van der Waals surface area contributed by atoms with Gasteiger partial charge < -0.3 is 4.74 Å². The first-order chi connectivity index (χ1) is 15.2. The first kappa shape index (κ1) is 21.5. The molecule has 0 amide bonds. The largest absolute Gasteiger partial charge is 0.496 e. The minimum Gasteiger partial charge on any atom is -0.496 e. The van der Waals surface area contributed by atoms with Crippen LogP contribution in [0.1, 0.15) is 5.56 Å². The van der Waals surface area contributed by atoms with Crippen LogP contribution in [-0.2, 0) is 16.2 Å². The van der Waals surface area contributed by atoms with E-state index in [1.807, 2.05) is 0 Å². The van der Waals surface area contributed by atoms with Gasteiger partial charge >= 0.3 is 6.18 Å². The van der Waals surface area contributed by atoms with Crippen LogP contribution in [0.3, 0.4) is 0 Å². The fraction of sp³-hybridized carbons (Fsp3) is 0.0952. The third kappa shape index (κ3) is 4.19. The molecule has 7 nitrogen and oxygen atoms in total. The van der Waals surface area contributed by atoms with Crippen molar-refractivity contribution in [2.45, 2.75) is 11.1 Å². The maximum Gasteiger partial charge on any atom is 0.416 e. The third-order valence-electron chi connectivity index (χ3n) is 4.65. The number of hydrogen-bond acceptors (Lipinski definition) is 6. The molecule has 32 heavy (non-hydrogen) atoms. The number of rotatable bonds is 5. The molecule has 0 aliphatic rings. The molecule has 11 heteroatoms. The average Bonchev–Trinajstić information content (AvgIpc) is 2.77. The number of sulfonamides is 1. The van der Waals surface area contributed by atoms with Crippen molar-refractivity contribution in [3.63, 3.8) is 0 Å². The van der Waals surface area contributed by atoms with Gasteiger partial charge in [0.1, 0.15) is 17.9 Å². The summed E-state index contributed by atoms with van der Waals surface area (Å²) in [6.45, 7) is 0. The molecule has 0 atom stereocenters. The molecular formula is C21H15F3N4O3S. The summed E-state index contributed by atoms with van der Waals surface area (Å²) in [5.74, 6) is 0.310. The smallest absolute Gasteiger partial charge is 0.416 e. The number of methoxy groups -OCH3 is 1. The lowest BCUT2D eigenvalue weighted by molar-refractivity contribution is -0.137. The fourth-order valence-electron chi connectivity index (χ4n) is 3.15. The van der Waals surface area contributed by atoms with Gasteiger partial charge in [-0.05, 0) is 47.9 Å².